The first kappa shape index (κ1) is 27.7. The average molecular weight is 553 g/mol. The van der Waals surface area contributed by atoms with Crippen molar-refractivity contribution >= 4 is 22.7 Å². The van der Waals surface area contributed by atoms with Crippen molar-refractivity contribution in [2.75, 3.05) is 0 Å². The van der Waals surface area contributed by atoms with E-state index >= 15 is 0 Å². The van der Waals surface area contributed by atoms with E-state index in [0.29, 0.717) is 6.92 Å². The van der Waals surface area contributed by atoms with Crippen LogP contribution in [0.2, 0.25) is 0 Å². The summed E-state index contributed by atoms with van der Waals surface area (Å²) in [5.41, 5.74) is -8.42. The Hall–Kier alpha value is -3.84. The minimum absolute atomic E-state index is 0.459. The predicted molar refractivity (Wildman–Crippen MR) is 96.3 cm³/mol. The second-order valence-electron chi connectivity index (χ2n) is 7.12. The molecule has 0 unspecified atom stereocenters. The van der Waals surface area contributed by atoms with Gasteiger partial charge in [0.15, 0.2) is 58.4 Å². The molecule has 3 aromatic carbocycles. The maximum Gasteiger partial charge on any atom is 0.496 e. The van der Waals surface area contributed by atoms with Gasteiger partial charge in [-0.2, -0.15) is 0 Å². The Bertz CT molecular complexity index is 1300. The lowest BCUT2D eigenvalue weighted by Gasteiger charge is -2.29. The molecule has 0 aliphatic carbocycles. The van der Waals surface area contributed by atoms with Gasteiger partial charge in [-0.05, 0) is 16.4 Å². The number of nitrogens with zero attached hydrogens (tertiary/aromatic N) is 1. The maximum absolute atomic E-state index is 14.9. The van der Waals surface area contributed by atoms with Gasteiger partial charge in [0, 0.05) is 0 Å². The fourth-order valence-corrected chi connectivity index (χ4v) is 3.79. The van der Waals surface area contributed by atoms with E-state index in [2.05, 4.69) is 4.76 Å². The highest BCUT2D eigenvalue weighted by Crippen LogP contribution is 2.28. The first-order valence-electron chi connectivity index (χ1n) is 9.18. The lowest BCUT2D eigenvalue weighted by Crippen LogP contribution is -2.71. The molecule has 0 aliphatic heterocycles. The van der Waals surface area contributed by atoms with Gasteiger partial charge in [-0.1, -0.05) is 0 Å². The molecule has 196 valence electrons. The van der Waals surface area contributed by atoms with Crippen molar-refractivity contribution in [2.45, 2.75) is 6.92 Å². The van der Waals surface area contributed by atoms with Crippen LogP contribution in [0.4, 0.5) is 65.9 Å². The van der Waals surface area contributed by atoms with Crippen molar-refractivity contribution in [1.29, 1.82) is 0 Å². The van der Waals surface area contributed by atoms with Crippen LogP contribution in [0.3, 0.4) is 0 Å². The van der Waals surface area contributed by atoms with Gasteiger partial charge in [0.2, 0.25) is 0 Å². The smallest absolute Gasteiger partial charge is 0.333 e. The molecule has 0 fully saturated rings. The molecule has 0 radical (unpaired) electrons. The number of halogens is 15. The standard InChI is InChI=1S/C20H3BF15N/c1-2-37-21(3-6(22)12(28)18(34)13(29)7(3)23,4-8(24)14(30)19(35)15(31)9(4)25)5-10(26)16(32)20(36)17(33)11(5)27/h1H3. The highest BCUT2D eigenvalue weighted by atomic mass is 19.2. The number of hydrogen-bond acceptors (Lipinski definition) is 0. The van der Waals surface area contributed by atoms with E-state index in [9.17, 15) is 65.9 Å². The van der Waals surface area contributed by atoms with Crippen LogP contribution >= 0.6 is 0 Å². The Kier molecular flexibility index (Phi) is 6.92. The number of rotatable bonds is 3. The van der Waals surface area contributed by atoms with E-state index in [4.69, 9.17) is 0 Å². The third kappa shape index (κ3) is 3.60. The van der Waals surface area contributed by atoms with Crippen molar-refractivity contribution < 1.29 is 65.9 Å². The third-order valence-corrected chi connectivity index (χ3v) is 5.31. The minimum atomic E-state index is -5.89. The monoisotopic (exact) mass is 553 g/mol. The molecule has 0 N–H and O–H groups in total. The summed E-state index contributed by atoms with van der Waals surface area (Å²) in [5, 5.41) is 0. The fraction of sp³-hybridized carbons (Fsp3) is 0.0500. The Labute approximate surface area is 194 Å². The molecule has 0 spiro atoms. The van der Waals surface area contributed by atoms with Crippen molar-refractivity contribution in [3.63, 3.8) is 0 Å². The number of hydrogen-bond donors (Lipinski definition) is 0. The quantitative estimate of drug-likeness (QED) is 0.184. The fourth-order valence-electron chi connectivity index (χ4n) is 3.79. The van der Waals surface area contributed by atoms with Crippen molar-refractivity contribution in [1.82, 2.24) is 0 Å². The summed E-state index contributed by atoms with van der Waals surface area (Å²) < 4.78 is 217. The van der Waals surface area contributed by atoms with Crippen molar-refractivity contribution in [3.8, 4) is 6.07 Å². The lowest BCUT2D eigenvalue weighted by atomic mass is 9.24. The molecule has 0 atom stereocenters. The van der Waals surface area contributed by atoms with Crippen LogP contribution in [0.25, 0.3) is 4.76 Å². The molecule has 1 nitrogen and oxygen atoms in total. The van der Waals surface area contributed by atoms with Crippen LogP contribution in [0, 0.1) is 93.3 Å². The molecule has 0 amide bonds. The Morgan fingerprint density at radius 3 is 0.676 bits per heavy atom. The zero-order chi connectivity index (χ0) is 28.3. The highest BCUT2D eigenvalue weighted by molar-refractivity contribution is 7.14. The second-order valence-corrected chi connectivity index (χ2v) is 7.12. The van der Waals surface area contributed by atoms with E-state index in [1.165, 1.54) is 6.07 Å². The van der Waals surface area contributed by atoms with Crippen LogP contribution in [-0.4, -0.2) is 6.28 Å². The van der Waals surface area contributed by atoms with E-state index in [1.54, 1.807) is 0 Å². The zero-order valence-electron chi connectivity index (χ0n) is 17.2. The molecule has 37 heavy (non-hydrogen) atoms. The van der Waals surface area contributed by atoms with Gasteiger partial charge in [-0.3, -0.25) is 0 Å². The molecule has 0 saturated carbocycles. The predicted octanol–water partition coefficient (Wildman–Crippen LogP) is 5.09. The van der Waals surface area contributed by atoms with Gasteiger partial charge in [0.1, 0.15) is 34.9 Å². The van der Waals surface area contributed by atoms with E-state index < -0.39 is 110 Å². The summed E-state index contributed by atoms with van der Waals surface area (Å²) >= 11 is 0. The molecular weight excluding hydrogens is 550 g/mol. The van der Waals surface area contributed by atoms with Gasteiger partial charge in [-0.25, -0.2) is 65.9 Å². The summed E-state index contributed by atoms with van der Waals surface area (Å²) in [6.45, 7) is 0.459. The lowest BCUT2D eigenvalue weighted by molar-refractivity contribution is 0.380. The largest absolute Gasteiger partial charge is 0.496 e. The zero-order valence-corrected chi connectivity index (χ0v) is 17.2. The van der Waals surface area contributed by atoms with Crippen molar-refractivity contribution in [3.05, 3.63) is 92.0 Å². The molecule has 0 saturated heterocycles. The van der Waals surface area contributed by atoms with Gasteiger partial charge in [-0.15, -0.1) is 0 Å². The van der Waals surface area contributed by atoms with Gasteiger partial charge >= 0.3 is 6.28 Å². The first-order valence-corrected chi connectivity index (χ1v) is 9.18. The van der Waals surface area contributed by atoms with E-state index in [1.807, 2.05) is 0 Å². The molecule has 0 aromatic heterocycles. The molecule has 0 heterocycles. The third-order valence-electron chi connectivity index (χ3n) is 5.31. The van der Waals surface area contributed by atoms with E-state index in [0.717, 1.165) is 0 Å². The normalized spacial score (nSPS) is 11.6. The Morgan fingerprint density at radius 2 is 0.514 bits per heavy atom. The van der Waals surface area contributed by atoms with Crippen LogP contribution < -0.4 is 16.4 Å². The SMILES string of the molecule is CC#[N+][B-](c1c(F)c(F)c(F)c(F)c1F)(c1c(F)c(F)c(F)c(F)c1F)c1c(F)c(F)c(F)c(F)c1F. The molecule has 0 bridgehead atoms. The minimum Gasteiger partial charge on any atom is -0.333 e. The molecule has 3 rings (SSSR count). The summed E-state index contributed by atoms with van der Waals surface area (Å²) in [4.78, 5) is 0. The van der Waals surface area contributed by atoms with Gasteiger partial charge in [0.05, 0.1) is 6.92 Å². The topological polar surface area (TPSA) is 4.36 Å². The van der Waals surface area contributed by atoms with Crippen molar-refractivity contribution in [2.24, 2.45) is 0 Å². The highest BCUT2D eigenvalue weighted by Gasteiger charge is 2.59. The average Bonchev–Trinajstić information content (AvgIpc) is 2.86. The Morgan fingerprint density at radius 1 is 0.351 bits per heavy atom. The molecule has 0 aliphatic rings. The summed E-state index contributed by atoms with van der Waals surface area (Å²) in [6.07, 6.45) is -5.89. The van der Waals surface area contributed by atoms with Gasteiger partial charge < -0.3 is 4.76 Å². The van der Waals surface area contributed by atoms with Crippen LogP contribution in [0.5, 0.6) is 0 Å². The van der Waals surface area contributed by atoms with Crippen LogP contribution in [0.15, 0.2) is 0 Å². The summed E-state index contributed by atoms with van der Waals surface area (Å²) in [5.74, 6) is -46.3. The summed E-state index contributed by atoms with van der Waals surface area (Å²) in [7, 11) is 0. The molecular formula is C20H3BF15N. The second kappa shape index (κ2) is 9.23. The Balaban J connectivity index is 2.91. The van der Waals surface area contributed by atoms with Gasteiger partial charge in [0.25, 0.3) is 0 Å². The van der Waals surface area contributed by atoms with Crippen LogP contribution in [0.1, 0.15) is 6.92 Å². The van der Waals surface area contributed by atoms with E-state index in [-0.39, 0.29) is 0 Å². The van der Waals surface area contributed by atoms with Crippen LogP contribution in [-0.2, 0) is 0 Å². The molecule has 17 heteroatoms. The number of benzene rings is 3. The first-order chi connectivity index (χ1) is 17.1. The maximum atomic E-state index is 14.9. The molecule has 3 aromatic rings. The summed E-state index contributed by atoms with van der Waals surface area (Å²) in [6, 6.07) is 1.36.